The molecule has 0 bridgehead atoms. The maximum absolute atomic E-state index is 14.0. The molecule has 1 aromatic carbocycles. The highest BCUT2D eigenvalue weighted by atomic mass is 19.2. The van der Waals surface area contributed by atoms with Gasteiger partial charge in [0, 0.05) is 19.1 Å². The van der Waals surface area contributed by atoms with Crippen LogP contribution in [0.25, 0.3) is 0 Å². The second-order valence-corrected chi connectivity index (χ2v) is 5.50. The van der Waals surface area contributed by atoms with Crippen LogP contribution >= 0.6 is 0 Å². The summed E-state index contributed by atoms with van der Waals surface area (Å²) in [5.74, 6) is -1.93. The average Bonchev–Trinajstić information content (AvgIpc) is 3.11. The van der Waals surface area contributed by atoms with Gasteiger partial charge in [-0.05, 0) is 44.5 Å². The predicted octanol–water partition coefficient (Wildman–Crippen LogP) is 2.51. The van der Waals surface area contributed by atoms with E-state index in [0.29, 0.717) is 6.04 Å². The first-order chi connectivity index (χ1) is 9.70. The van der Waals surface area contributed by atoms with Gasteiger partial charge in [0.05, 0.1) is 11.3 Å². The Morgan fingerprint density at radius 1 is 1.10 bits per heavy atom. The van der Waals surface area contributed by atoms with Crippen molar-refractivity contribution >= 4 is 5.69 Å². The Morgan fingerprint density at radius 3 is 2.55 bits per heavy atom. The SMILES string of the molecule is N#Cc1ccc(N2CCC(N3CCCC3)C2)c(F)c1F. The molecule has 0 N–H and O–H groups in total. The summed E-state index contributed by atoms with van der Waals surface area (Å²) in [4.78, 5) is 4.33. The van der Waals surface area contributed by atoms with Gasteiger partial charge in [0.25, 0.3) is 0 Å². The molecule has 3 nitrogen and oxygen atoms in total. The monoisotopic (exact) mass is 277 g/mol. The van der Waals surface area contributed by atoms with Crippen molar-refractivity contribution in [2.75, 3.05) is 31.1 Å². The highest BCUT2D eigenvalue weighted by molar-refractivity contribution is 5.53. The maximum Gasteiger partial charge on any atom is 0.183 e. The van der Waals surface area contributed by atoms with Gasteiger partial charge in [-0.2, -0.15) is 5.26 Å². The number of benzene rings is 1. The van der Waals surface area contributed by atoms with Crippen molar-refractivity contribution in [2.45, 2.75) is 25.3 Å². The molecular weight excluding hydrogens is 260 g/mol. The first kappa shape index (κ1) is 13.3. The van der Waals surface area contributed by atoms with Crippen LogP contribution in [0, 0.1) is 23.0 Å². The fourth-order valence-electron chi connectivity index (χ4n) is 3.24. The fourth-order valence-corrected chi connectivity index (χ4v) is 3.24. The molecule has 0 radical (unpaired) electrons. The van der Waals surface area contributed by atoms with E-state index in [1.54, 1.807) is 6.07 Å². The molecule has 2 aliphatic heterocycles. The van der Waals surface area contributed by atoms with Crippen molar-refractivity contribution in [3.63, 3.8) is 0 Å². The Labute approximate surface area is 117 Å². The number of hydrogen-bond donors (Lipinski definition) is 0. The zero-order valence-corrected chi connectivity index (χ0v) is 11.3. The lowest BCUT2D eigenvalue weighted by atomic mass is 10.2. The van der Waals surface area contributed by atoms with Gasteiger partial charge in [-0.3, -0.25) is 4.90 Å². The molecule has 1 unspecified atom stereocenters. The van der Waals surface area contributed by atoms with Crippen molar-refractivity contribution in [1.82, 2.24) is 4.90 Å². The molecule has 0 saturated carbocycles. The van der Waals surface area contributed by atoms with Crippen molar-refractivity contribution in [3.8, 4) is 6.07 Å². The van der Waals surface area contributed by atoms with Crippen LogP contribution in [0.3, 0.4) is 0 Å². The zero-order valence-electron chi connectivity index (χ0n) is 11.3. The summed E-state index contributed by atoms with van der Waals surface area (Å²) in [6.45, 7) is 3.71. The normalized spacial score (nSPS) is 23.2. The molecule has 2 saturated heterocycles. The number of likely N-dealkylation sites (tertiary alicyclic amines) is 1. The van der Waals surface area contributed by atoms with Gasteiger partial charge >= 0.3 is 0 Å². The number of halogens is 2. The van der Waals surface area contributed by atoms with E-state index in [1.165, 1.54) is 25.0 Å². The fraction of sp³-hybridized carbons (Fsp3) is 0.533. The summed E-state index contributed by atoms with van der Waals surface area (Å²) in [6, 6.07) is 4.98. The molecular formula is C15H17F2N3. The minimum absolute atomic E-state index is 0.235. The third-order valence-corrected chi connectivity index (χ3v) is 4.34. The minimum Gasteiger partial charge on any atom is -0.367 e. The molecule has 3 rings (SSSR count). The molecule has 5 heteroatoms. The summed E-state index contributed by atoms with van der Waals surface area (Å²) in [5, 5.41) is 8.71. The lowest BCUT2D eigenvalue weighted by Crippen LogP contribution is -2.35. The quantitative estimate of drug-likeness (QED) is 0.832. The largest absolute Gasteiger partial charge is 0.367 e. The Bertz CT molecular complexity index is 547. The van der Waals surface area contributed by atoms with E-state index in [2.05, 4.69) is 4.90 Å². The number of nitriles is 1. The molecule has 0 spiro atoms. The number of hydrogen-bond acceptors (Lipinski definition) is 3. The Hall–Kier alpha value is -1.67. The highest BCUT2D eigenvalue weighted by Crippen LogP contribution is 2.29. The molecule has 2 fully saturated rings. The third kappa shape index (κ3) is 2.25. The van der Waals surface area contributed by atoms with Gasteiger partial charge in [-0.1, -0.05) is 0 Å². The van der Waals surface area contributed by atoms with Gasteiger partial charge < -0.3 is 4.90 Å². The molecule has 2 aliphatic rings. The van der Waals surface area contributed by atoms with Gasteiger partial charge in [0.15, 0.2) is 11.6 Å². The van der Waals surface area contributed by atoms with E-state index < -0.39 is 11.6 Å². The van der Waals surface area contributed by atoms with Crippen LogP contribution in [-0.4, -0.2) is 37.1 Å². The van der Waals surface area contributed by atoms with E-state index in [9.17, 15) is 8.78 Å². The van der Waals surface area contributed by atoms with Crippen LogP contribution in [-0.2, 0) is 0 Å². The third-order valence-electron chi connectivity index (χ3n) is 4.34. The lowest BCUT2D eigenvalue weighted by molar-refractivity contribution is 0.260. The van der Waals surface area contributed by atoms with Gasteiger partial charge in [0.2, 0.25) is 0 Å². The van der Waals surface area contributed by atoms with Crippen molar-refractivity contribution in [3.05, 3.63) is 29.3 Å². The second kappa shape index (κ2) is 5.37. The van der Waals surface area contributed by atoms with Crippen molar-refractivity contribution < 1.29 is 8.78 Å². The van der Waals surface area contributed by atoms with Crippen LogP contribution in [0.15, 0.2) is 12.1 Å². The molecule has 106 valence electrons. The predicted molar refractivity (Wildman–Crippen MR) is 72.5 cm³/mol. The van der Waals surface area contributed by atoms with Gasteiger partial charge in [0.1, 0.15) is 6.07 Å². The van der Waals surface area contributed by atoms with Crippen molar-refractivity contribution in [2.24, 2.45) is 0 Å². The number of rotatable bonds is 2. The van der Waals surface area contributed by atoms with E-state index in [-0.39, 0.29) is 11.3 Å². The summed E-state index contributed by atoms with van der Waals surface area (Å²) in [6.07, 6.45) is 3.45. The van der Waals surface area contributed by atoms with Crippen LogP contribution in [0.1, 0.15) is 24.8 Å². The van der Waals surface area contributed by atoms with Crippen LogP contribution in [0.2, 0.25) is 0 Å². The topological polar surface area (TPSA) is 30.3 Å². The van der Waals surface area contributed by atoms with E-state index in [0.717, 1.165) is 32.6 Å². The van der Waals surface area contributed by atoms with Crippen LogP contribution < -0.4 is 4.90 Å². The van der Waals surface area contributed by atoms with E-state index in [4.69, 9.17) is 5.26 Å². The highest BCUT2D eigenvalue weighted by Gasteiger charge is 2.31. The molecule has 1 aromatic rings. The average molecular weight is 277 g/mol. The molecule has 20 heavy (non-hydrogen) atoms. The molecule has 0 amide bonds. The standard InChI is InChI=1S/C15H17F2N3/c16-14-11(9-18)3-4-13(15(14)17)20-8-5-12(10-20)19-6-1-2-7-19/h3-4,12H,1-2,5-8,10H2. The number of nitrogens with zero attached hydrogens (tertiary/aromatic N) is 3. The van der Waals surface area contributed by atoms with Crippen LogP contribution in [0.5, 0.6) is 0 Å². The van der Waals surface area contributed by atoms with Crippen molar-refractivity contribution in [1.29, 1.82) is 5.26 Å². The summed E-state index contributed by atoms with van der Waals surface area (Å²) < 4.78 is 27.7. The molecule has 0 aliphatic carbocycles. The second-order valence-electron chi connectivity index (χ2n) is 5.50. The molecule has 0 aromatic heterocycles. The summed E-state index contributed by atoms with van der Waals surface area (Å²) in [7, 11) is 0. The Morgan fingerprint density at radius 2 is 1.85 bits per heavy atom. The van der Waals surface area contributed by atoms with E-state index in [1.807, 2.05) is 4.90 Å². The first-order valence-electron chi connectivity index (χ1n) is 7.08. The Balaban J connectivity index is 1.78. The van der Waals surface area contributed by atoms with Crippen LogP contribution in [0.4, 0.5) is 14.5 Å². The molecule has 2 heterocycles. The lowest BCUT2D eigenvalue weighted by Gasteiger charge is -2.24. The summed E-state index contributed by atoms with van der Waals surface area (Å²) in [5.41, 5.74) is 0.0461. The van der Waals surface area contributed by atoms with E-state index >= 15 is 0 Å². The first-order valence-corrected chi connectivity index (χ1v) is 7.08. The smallest absolute Gasteiger partial charge is 0.183 e. The number of anilines is 1. The van der Waals surface area contributed by atoms with Gasteiger partial charge in [-0.25, -0.2) is 8.78 Å². The Kier molecular flexibility index (Phi) is 3.58. The molecule has 1 atom stereocenters. The summed E-state index contributed by atoms with van der Waals surface area (Å²) >= 11 is 0. The minimum atomic E-state index is -1.03. The van der Waals surface area contributed by atoms with Gasteiger partial charge in [-0.15, -0.1) is 0 Å². The maximum atomic E-state index is 14.0. The zero-order chi connectivity index (χ0) is 14.1.